The van der Waals surface area contributed by atoms with Gasteiger partial charge in [-0.25, -0.2) is 0 Å². The molecule has 1 aromatic heterocycles. The van der Waals surface area contributed by atoms with Crippen molar-refractivity contribution in [2.24, 2.45) is 0 Å². The largest absolute Gasteiger partial charge is 0.335 e. The molecule has 0 atom stereocenters. The van der Waals surface area contributed by atoms with Gasteiger partial charge in [0.05, 0.1) is 11.1 Å². The molecule has 37 heavy (non-hydrogen) atoms. The van der Waals surface area contributed by atoms with Crippen LogP contribution < -0.4 is 0 Å². The molecule has 3 aromatic carbocycles. The lowest BCUT2D eigenvalue weighted by atomic mass is 10.1. The first kappa shape index (κ1) is 24.7. The second-order valence-corrected chi connectivity index (χ2v) is 9.54. The van der Waals surface area contributed by atoms with Gasteiger partial charge in [0, 0.05) is 58.9 Å². The third-order valence-corrected chi connectivity index (χ3v) is 6.84. The fourth-order valence-corrected chi connectivity index (χ4v) is 4.85. The summed E-state index contributed by atoms with van der Waals surface area (Å²) in [5, 5.41) is 1.39. The Morgan fingerprint density at radius 2 is 1.22 bits per heavy atom. The number of carbonyl (C=O) groups excluding carboxylic acids is 4. The highest BCUT2D eigenvalue weighted by Crippen LogP contribution is 2.25. The lowest BCUT2D eigenvalue weighted by molar-refractivity contribution is -0.127. The standard InChI is InChI=1S/C28H21Cl2N3O4/c29-20-7-3-5-18(15-20)26(35)31-11-13-32(14-12-31)28(37)25(34)23-17-33(24-10-2-1-9-22(23)24)27(36)19-6-4-8-21(30)16-19/h1-10,15-17H,11-14H2. The van der Waals surface area contributed by atoms with Crippen molar-refractivity contribution in [1.82, 2.24) is 14.4 Å². The summed E-state index contributed by atoms with van der Waals surface area (Å²) in [4.78, 5) is 55.6. The van der Waals surface area contributed by atoms with Gasteiger partial charge in [0.2, 0.25) is 0 Å². The van der Waals surface area contributed by atoms with Gasteiger partial charge in [-0.15, -0.1) is 0 Å². The molecule has 2 amide bonds. The monoisotopic (exact) mass is 533 g/mol. The van der Waals surface area contributed by atoms with Crippen molar-refractivity contribution in [3.8, 4) is 0 Å². The van der Waals surface area contributed by atoms with Crippen molar-refractivity contribution in [1.29, 1.82) is 0 Å². The number of ketones is 1. The van der Waals surface area contributed by atoms with Crippen molar-refractivity contribution in [3.63, 3.8) is 0 Å². The van der Waals surface area contributed by atoms with Gasteiger partial charge < -0.3 is 9.80 Å². The minimum atomic E-state index is -0.705. The maximum atomic E-state index is 13.3. The van der Waals surface area contributed by atoms with Crippen LogP contribution in [-0.4, -0.2) is 64.1 Å². The zero-order valence-electron chi connectivity index (χ0n) is 19.6. The van der Waals surface area contributed by atoms with Crippen LogP contribution in [0.5, 0.6) is 0 Å². The minimum absolute atomic E-state index is 0.147. The highest BCUT2D eigenvalue weighted by molar-refractivity contribution is 6.45. The Labute approximate surface area is 222 Å². The first-order valence-corrected chi connectivity index (χ1v) is 12.4. The smallest absolute Gasteiger partial charge is 0.295 e. The molecule has 1 fully saturated rings. The summed E-state index contributed by atoms with van der Waals surface area (Å²) < 4.78 is 1.36. The average molecular weight is 534 g/mol. The topological polar surface area (TPSA) is 79.7 Å². The number of para-hydroxylation sites is 1. The fourth-order valence-electron chi connectivity index (χ4n) is 4.46. The van der Waals surface area contributed by atoms with E-state index >= 15 is 0 Å². The third kappa shape index (κ3) is 4.88. The zero-order valence-corrected chi connectivity index (χ0v) is 21.1. The molecule has 186 valence electrons. The van der Waals surface area contributed by atoms with Crippen LogP contribution in [0, 0.1) is 0 Å². The molecule has 0 unspecified atom stereocenters. The van der Waals surface area contributed by atoms with Gasteiger partial charge >= 0.3 is 0 Å². The van der Waals surface area contributed by atoms with E-state index in [9.17, 15) is 19.2 Å². The summed E-state index contributed by atoms with van der Waals surface area (Å²) in [5.74, 6) is -1.92. The number of fused-ring (bicyclic) bond motifs is 1. The number of hydrogen-bond acceptors (Lipinski definition) is 4. The van der Waals surface area contributed by atoms with Gasteiger partial charge in [0.25, 0.3) is 23.5 Å². The first-order chi connectivity index (χ1) is 17.8. The number of hydrogen-bond donors (Lipinski definition) is 0. The van der Waals surface area contributed by atoms with Crippen LogP contribution in [0.25, 0.3) is 10.9 Å². The van der Waals surface area contributed by atoms with E-state index < -0.39 is 11.7 Å². The van der Waals surface area contributed by atoms with E-state index in [4.69, 9.17) is 23.2 Å². The third-order valence-electron chi connectivity index (χ3n) is 6.37. The molecule has 0 radical (unpaired) electrons. The van der Waals surface area contributed by atoms with Crippen molar-refractivity contribution >= 4 is 57.6 Å². The lowest BCUT2D eigenvalue weighted by Crippen LogP contribution is -2.52. The van der Waals surface area contributed by atoms with Gasteiger partial charge in [-0.3, -0.25) is 23.7 Å². The van der Waals surface area contributed by atoms with Gasteiger partial charge in [0.15, 0.2) is 0 Å². The summed E-state index contributed by atoms with van der Waals surface area (Å²) in [6.45, 7) is 1.02. The Hall–Kier alpha value is -3.94. The maximum absolute atomic E-state index is 13.3. The SMILES string of the molecule is O=C(C(=O)N1CCN(C(=O)c2cccc(Cl)c2)CC1)c1cn(C(=O)c2cccc(Cl)c2)c2ccccc12. The number of rotatable bonds is 4. The quantitative estimate of drug-likeness (QED) is 0.278. The molecule has 2 heterocycles. The van der Waals surface area contributed by atoms with E-state index in [-0.39, 0.29) is 30.5 Å². The molecule has 7 nitrogen and oxygen atoms in total. The van der Waals surface area contributed by atoms with Gasteiger partial charge in [-0.1, -0.05) is 53.5 Å². The van der Waals surface area contributed by atoms with Gasteiger partial charge in [-0.05, 0) is 42.5 Å². The number of carbonyl (C=O) groups is 4. The predicted octanol–water partition coefficient (Wildman–Crippen LogP) is 4.80. The summed E-state index contributed by atoms with van der Waals surface area (Å²) in [6, 6.07) is 20.2. The first-order valence-electron chi connectivity index (χ1n) is 11.6. The molecule has 1 aliphatic rings. The lowest BCUT2D eigenvalue weighted by Gasteiger charge is -2.34. The Morgan fingerprint density at radius 3 is 1.84 bits per heavy atom. The van der Waals surface area contributed by atoms with Crippen LogP contribution in [0.4, 0.5) is 0 Å². The molecular weight excluding hydrogens is 513 g/mol. The highest BCUT2D eigenvalue weighted by atomic mass is 35.5. The molecule has 0 saturated carbocycles. The van der Waals surface area contributed by atoms with Crippen LogP contribution in [-0.2, 0) is 4.79 Å². The number of piperazine rings is 1. The Morgan fingerprint density at radius 1 is 0.649 bits per heavy atom. The van der Waals surface area contributed by atoms with Gasteiger partial charge in [-0.2, -0.15) is 0 Å². The highest BCUT2D eigenvalue weighted by Gasteiger charge is 2.31. The van der Waals surface area contributed by atoms with Crippen molar-refractivity contribution in [2.45, 2.75) is 0 Å². The van der Waals surface area contributed by atoms with E-state index in [1.807, 2.05) is 0 Å². The summed E-state index contributed by atoms with van der Waals surface area (Å²) in [5.41, 5.74) is 1.49. The van der Waals surface area contributed by atoms with Gasteiger partial charge in [0.1, 0.15) is 0 Å². The molecule has 5 rings (SSSR count). The number of halogens is 2. The Balaban J connectivity index is 1.35. The molecule has 0 N–H and O–H groups in total. The maximum Gasteiger partial charge on any atom is 0.295 e. The van der Waals surface area contributed by atoms with Crippen LogP contribution in [0.15, 0.2) is 79.0 Å². The van der Waals surface area contributed by atoms with E-state index in [0.717, 1.165) is 0 Å². The molecule has 1 saturated heterocycles. The van der Waals surface area contributed by atoms with E-state index in [1.54, 1.807) is 77.7 Å². The van der Waals surface area contributed by atoms with Crippen LogP contribution >= 0.6 is 23.2 Å². The molecule has 0 bridgehead atoms. The molecule has 1 aliphatic heterocycles. The molecule has 0 spiro atoms. The number of nitrogens with zero attached hydrogens (tertiary/aromatic N) is 3. The van der Waals surface area contributed by atoms with Crippen molar-refractivity contribution in [3.05, 3.63) is 106 Å². The minimum Gasteiger partial charge on any atom is -0.335 e. The summed E-state index contributed by atoms with van der Waals surface area (Å²) >= 11 is 12.1. The van der Waals surface area contributed by atoms with E-state index in [0.29, 0.717) is 45.2 Å². The molecular formula is C28H21Cl2N3O4. The van der Waals surface area contributed by atoms with Crippen LogP contribution in [0.2, 0.25) is 10.0 Å². The average Bonchev–Trinajstić information content (AvgIpc) is 3.31. The summed E-state index contributed by atoms with van der Waals surface area (Å²) in [7, 11) is 0. The Kier molecular flexibility index (Phi) is 6.82. The van der Waals surface area contributed by atoms with Crippen molar-refractivity contribution < 1.29 is 19.2 Å². The van der Waals surface area contributed by atoms with E-state index in [1.165, 1.54) is 15.7 Å². The number of Topliss-reactive ketones (excluding diaryl/α,β-unsaturated/α-hetero) is 1. The molecule has 9 heteroatoms. The zero-order chi connectivity index (χ0) is 26.1. The van der Waals surface area contributed by atoms with Crippen LogP contribution in [0.3, 0.4) is 0 Å². The second kappa shape index (κ2) is 10.2. The van der Waals surface area contributed by atoms with Crippen LogP contribution in [0.1, 0.15) is 31.1 Å². The van der Waals surface area contributed by atoms with Crippen molar-refractivity contribution in [2.75, 3.05) is 26.2 Å². The Bertz CT molecular complexity index is 1550. The normalized spacial score (nSPS) is 13.6. The number of benzene rings is 3. The fraction of sp³-hybridized carbons (Fsp3) is 0.143. The predicted molar refractivity (Wildman–Crippen MR) is 141 cm³/mol. The second-order valence-electron chi connectivity index (χ2n) is 8.67. The number of amides is 2. The van der Waals surface area contributed by atoms with E-state index in [2.05, 4.69) is 0 Å². The number of aromatic nitrogens is 1. The molecule has 4 aromatic rings. The summed E-state index contributed by atoms with van der Waals surface area (Å²) in [6.07, 6.45) is 1.41. The molecule has 0 aliphatic carbocycles.